The third kappa shape index (κ3) is 5.67. The molecule has 0 aliphatic rings. The van der Waals surface area contributed by atoms with E-state index < -0.39 is 9.84 Å². The molecule has 0 aliphatic heterocycles. The zero-order chi connectivity index (χ0) is 16.0. The summed E-state index contributed by atoms with van der Waals surface area (Å²) in [4.78, 5) is 0. The third-order valence-electron chi connectivity index (χ3n) is 3.22. The molecule has 4 nitrogen and oxygen atoms in total. The molecule has 120 valence electrons. The maximum absolute atomic E-state index is 12.3. The molecule has 0 heterocycles. The average molecular weight is 313 g/mol. The molecule has 1 aromatic rings. The van der Waals surface area contributed by atoms with Gasteiger partial charge in [0.05, 0.1) is 18.6 Å². The SMILES string of the molecule is CCNC(CS(=O)(=O)CC(C)C)c1cc(C)ccc1OC. The van der Waals surface area contributed by atoms with Gasteiger partial charge < -0.3 is 10.1 Å². The zero-order valence-corrected chi connectivity index (χ0v) is 14.5. The van der Waals surface area contributed by atoms with Crippen LogP contribution in [0.5, 0.6) is 5.75 Å². The van der Waals surface area contributed by atoms with Crippen LogP contribution in [0.25, 0.3) is 0 Å². The Morgan fingerprint density at radius 3 is 2.43 bits per heavy atom. The van der Waals surface area contributed by atoms with Crippen LogP contribution in [0.3, 0.4) is 0 Å². The van der Waals surface area contributed by atoms with Gasteiger partial charge in [-0.3, -0.25) is 0 Å². The van der Waals surface area contributed by atoms with Gasteiger partial charge in [-0.2, -0.15) is 0 Å². The average Bonchev–Trinajstić information content (AvgIpc) is 2.36. The summed E-state index contributed by atoms with van der Waals surface area (Å²) >= 11 is 0. The molecule has 0 aliphatic carbocycles. The van der Waals surface area contributed by atoms with Crippen molar-refractivity contribution in [3.8, 4) is 5.75 Å². The molecule has 5 heteroatoms. The molecule has 1 atom stereocenters. The molecule has 0 fully saturated rings. The van der Waals surface area contributed by atoms with Crippen molar-refractivity contribution in [2.45, 2.75) is 33.7 Å². The van der Waals surface area contributed by atoms with E-state index in [1.165, 1.54) is 0 Å². The number of hydrogen-bond donors (Lipinski definition) is 1. The number of aryl methyl sites for hydroxylation is 1. The molecular weight excluding hydrogens is 286 g/mol. The lowest BCUT2D eigenvalue weighted by Crippen LogP contribution is -2.30. The molecule has 0 amide bonds. The molecule has 0 saturated carbocycles. The molecule has 0 spiro atoms. The van der Waals surface area contributed by atoms with Gasteiger partial charge in [0.2, 0.25) is 0 Å². The van der Waals surface area contributed by atoms with Gasteiger partial charge in [-0.1, -0.05) is 38.5 Å². The zero-order valence-electron chi connectivity index (χ0n) is 13.6. The summed E-state index contributed by atoms with van der Waals surface area (Å²) in [5.41, 5.74) is 2.00. The monoisotopic (exact) mass is 313 g/mol. The number of nitrogens with one attached hydrogen (secondary N) is 1. The van der Waals surface area contributed by atoms with Crippen LogP contribution in [-0.4, -0.2) is 33.6 Å². The van der Waals surface area contributed by atoms with Crippen LogP contribution < -0.4 is 10.1 Å². The first-order valence-corrected chi connectivity index (χ1v) is 9.19. The summed E-state index contributed by atoms with van der Waals surface area (Å²) in [6.07, 6.45) is 0. The van der Waals surface area contributed by atoms with Gasteiger partial charge in [0, 0.05) is 11.6 Å². The Kier molecular flexibility index (Phi) is 6.68. The Morgan fingerprint density at radius 2 is 1.90 bits per heavy atom. The highest BCUT2D eigenvalue weighted by Crippen LogP contribution is 2.27. The summed E-state index contributed by atoms with van der Waals surface area (Å²) in [5.74, 6) is 1.17. The third-order valence-corrected chi connectivity index (χ3v) is 5.23. The Balaban J connectivity index is 3.10. The fourth-order valence-corrected chi connectivity index (χ4v) is 4.42. The van der Waals surface area contributed by atoms with Crippen LogP contribution in [0.15, 0.2) is 18.2 Å². The quantitative estimate of drug-likeness (QED) is 0.802. The molecular formula is C16H27NO3S. The highest BCUT2D eigenvalue weighted by molar-refractivity contribution is 7.91. The van der Waals surface area contributed by atoms with Crippen molar-refractivity contribution < 1.29 is 13.2 Å². The predicted molar refractivity (Wildman–Crippen MR) is 87.6 cm³/mol. The first kappa shape index (κ1) is 18.0. The van der Waals surface area contributed by atoms with Gasteiger partial charge in [-0.15, -0.1) is 0 Å². The normalized spacial score (nSPS) is 13.4. The Hall–Kier alpha value is -1.07. The Bertz CT molecular complexity index is 553. The minimum atomic E-state index is -3.11. The lowest BCUT2D eigenvalue weighted by atomic mass is 10.0. The van der Waals surface area contributed by atoms with Gasteiger partial charge >= 0.3 is 0 Å². The van der Waals surface area contributed by atoms with Crippen molar-refractivity contribution >= 4 is 9.84 Å². The predicted octanol–water partition coefficient (Wildman–Crippen LogP) is 2.73. The van der Waals surface area contributed by atoms with Crippen molar-refractivity contribution in [1.29, 1.82) is 0 Å². The second-order valence-electron chi connectivity index (χ2n) is 5.83. The van der Waals surface area contributed by atoms with Gasteiger partial charge in [0.15, 0.2) is 9.84 Å². The summed E-state index contributed by atoms with van der Waals surface area (Å²) in [5, 5.41) is 3.27. The first-order chi connectivity index (χ1) is 9.79. The van der Waals surface area contributed by atoms with Gasteiger partial charge in [0.1, 0.15) is 5.75 Å². The highest BCUT2D eigenvalue weighted by Gasteiger charge is 2.23. The molecule has 1 aromatic carbocycles. The van der Waals surface area contributed by atoms with E-state index in [9.17, 15) is 8.42 Å². The van der Waals surface area contributed by atoms with Crippen LogP contribution in [0.1, 0.15) is 37.9 Å². The summed E-state index contributed by atoms with van der Waals surface area (Å²) in [6.45, 7) is 8.53. The maximum atomic E-state index is 12.3. The first-order valence-electron chi connectivity index (χ1n) is 7.37. The van der Waals surface area contributed by atoms with Gasteiger partial charge in [0.25, 0.3) is 0 Å². The van der Waals surface area contributed by atoms with Gasteiger partial charge in [-0.05, 0) is 25.5 Å². The van der Waals surface area contributed by atoms with Crippen molar-refractivity contribution in [2.24, 2.45) is 5.92 Å². The second-order valence-corrected chi connectivity index (χ2v) is 7.98. The van der Waals surface area contributed by atoms with E-state index in [0.717, 1.165) is 16.9 Å². The van der Waals surface area contributed by atoms with E-state index in [1.54, 1.807) is 7.11 Å². The second kappa shape index (κ2) is 7.80. The molecule has 0 aromatic heterocycles. The fourth-order valence-electron chi connectivity index (χ4n) is 2.46. The van der Waals surface area contributed by atoms with Crippen LogP contribution in [-0.2, 0) is 9.84 Å². The minimum Gasteiger partial charge on any atom is -0.496 e. The molecule has 1 unspecified atom stereocenters. The number of rotatable bonds is 8. The Morgan fingerprint density at radius 1 is 1.24 bits per heavy atom. The van der Waals surface area contributed by atoms with Crippen molar-refractivity contribution in [1.82, 2.24) is 5.32 Å². The van der Waals surface area contributed by atoms with E-state index in [-0.39, 0.29) is 23.5 Å². The molecule has 0 saturated heterocycles. The number of hydrogen-bond acceptors (Lipinski definition) is 4. The van der Waals surface area contributed by atoms with Crippen molar-refractivity contribution in [3.05, 3.63) is 29.3 Å². The highest BCUT2D eigenvalue weighted by atomic mass is 32.2. The maximum Gasteiger partial charge on any atom is 0.152 e. The lowest BCUT2D eigenvalue weighted by Gasteiger charge is -2.21. The van der Waals surface area contributed by atoms with Crippen LogP contribution >= 0.6 is 0 Å². The van der Waals surface area contributed by atoms with E-state index in [4.69, 9.17) is 4.74 Å². The number of ether oxygens (including phenoxy) is 1. The van der Waals surface area contributed by atoms with Crippen LogP contribution in [0.2, 0.25) is 0 Å². The van der Waals surface area contributed by atoms with Crippen molar-refractivity contribution in [2.75, 3.05) is 25.2 Å². The van der Waals surface area contributed by atoms with Crippen LogP contribution in [0.4, 0.5) is 0 Å². The smallest absolute Gasteiger partial charge is 0.152 e. The number of sulfone groups is 1. The van der Waals surface area contributed by atoms with Crippen LogP contribution in [0, 0.1) is 12.8 Å². The largest absolute Gasteiger partial charge is 0.496 e. The molecule has 0 bridgehead atoms. The van der Waals surface area contributed by atoms with E-state index in [2.05, 4.69) is 5.32 Å². The lowest BCUT2D eigenvalue weighted by molar-refractivity contribution is 0.402. The van der Waals surface area contributed by atoms with E-state index in [1.807, 2.05) is 45.9 Å². The summed E-state index contributed by atoms with van der Waals surface area (Å²) in [6, 6.07) is 5.61. The fraction of sp³-hybridized carbons (Fsp3) is 0.625. The minimum absolute atomic E-state index is 0.0961. The topological polar surface area (TPSA) is 55.4 Å². The molecule has 0 radical (unpaired) electrons. The molecule has 21 heavy (non-hydrogen) atoms. The molecule has 1 rings (SSSR count). The number of methoxy groups -OCH3 is 1. The van der Waals surface area contributed by atoms with E-state index in [0.29, 0.717) is 6.54 Å². The van der Waals surface area contributed by atoms with Crippen molar-refractivity contribution in [3.63, 3.8) is 0 Å². The van der Waals surface area contributed by atoms with E-state index >= 15 is 0 Å². The Labute approximate surface area is 128 Å². The number of benzene rings is 1. The van der Waals surface area contributed by atoms with Gasteiger partial charge in [-0.25, -0.2) is 8.42 Å². The molecule has 1 N–H and O–H groups in total. The summed E-state index contributed by atoms with van der Waals surface area (Å²) in [7, 11) is -1.50. The standard InChI is InChI=1S/C16H27NO3S/c1-6-17-15(11-21(18,19)10-12(2)3)14-9-13(4)7-8-16(14)20-5/h7-9,12,15,17H,6,10-11H2,1-5H3. The summed E-state index contributed by atoms with van der Waals surface area (Å²) < 4.78 is 30.0.